The molecule has 45 heavy (non-hydrogen) atoms. The van der Waals surface area contributed by atoms with Crippen LogP contribution in [-0.4, -0.2) is 4.57 Å². The third-order valence-electron chi connectivity index (χ3n) is 9.72. The average molecular weight is 577 g/mol. The van der Waals surface area contributed by atoms with Gasteiger partial charge in [0.25, 0.3) is 0 Å². The third kappa shape index (κ3) is 3.82. The van der Waals surface area contributed by atoms with E-state index in [1.54, 1.807) is 0 Å². The summed E-state index contributed by atoms with van der Waals surface area (Å²) in [5.41, 5.74) is 12.4. The normalized spacial score (nSPS) is 13.3. The molecule has 0 N–H and O–H groups in total. The molecular formula is C43H32N2. The SMILES string of the molecule is CC1(C)c2cc(N(c3ccccc3)c3ccc4c(c3)c3ccccc3n4-c3ccccc3)ccc2-c2ccc3ccccc3c21. The number of hydrogen-bond donors (Lipinski definition) is 0. The molecule has 0 spiro atoms. The summed E-state index contributed by atoms with van der Waals surface area (Å²) >= 11 is 0. The molecular weight excluding hydrogens is 544 g/mol. The molecule has 0 saturated carbocycles. The first-order valence-corrected chi connectivity index (χ1v) is 15.7. The van der Waals surface area contributed by atoms with Crippen molar-refractivity contribution in [1.29, 1.82) is 0 Å². The van der Waals surface area contributed by atoms with Crippen LogP contribution in [0.4, 0.5) is 17.1 Å². The summed E-state index contributed by atoms with van der Waals surface area (Å²) in [7, 11) is 0. The van der Waals surface area contributed by atoms with Crippen molar-refractivity contribution in [3.8, 4) is 16.8 Å². The van der Waals surface area contributed by atoms with E-state index in [4.69, 9.17) is 0 Å². The molecule has 1 aromatic heterocycles. The zero-order chi connectivity index (χ0) is 30.1. The fourth-order valence-electron chi connectivity index (χ4n) is 7.71. The Hall–Kier alpha value is -5.60. The van der Waals surface area contributed by atoms with E-state index in [9.17, 15) is 0 Å². The number of para-hydroxylation sites is 3. The third-order valence-corrected chi connectivity index (χ3v) is 9.72. The van der Waals surface area contributed by atoms with Gasteiger partial charge in [-0.25, -0.2) is 0 Å². The second-order valence-electron chi connectivity index (χ2n) is 12.6. The fourth-order valence-corrected chi connectivity index (χ4v) is 7.71. The van der Waals surface area contributed by atoms with E-state index in [1.165, 1.54) is 60.5 Å². The molecule has 1 heterocycles. The Bertz CT molecular complexity index is 2400. The number of nitrogens with zero attached hydrogens (tertiary/aromatic N) is 2. The number of rotatable bonds is 4. The van der Waals surface area contributed by atoms with Crippen molar-refractivity contribution in [3.05, 3.63) is 169 Å². The molecule has 7 aromatic carbocycles. The van der Waals surface area contributed by atoms with E-state index in [0.29, 0.717) is 0 Å². The first-order chi connectivity index (χ1) is 22.1. The van der Waals surface area contributed by atoms with E-state index in [0.717, 1.165) is 17.1 Å². The summed E-state index contributed by atoms with van der Waals surface area (Å²) in [5.74, 6) is 0. The summed E-state index contributed by atoms with van der Waals surface area (Å²) in [5, 5.41) is 5.14. The van der Waals surface area contributed by atoms with Gasteiger partial charge in [-0.1, -0.05) is 111 Å². The lowest BCUT2D eigenvalue weighted by Gasteiger charge is -2.28. The van der Waals surface area contributed by atoms with Crippen LogP contribution >= 0.6 is 0 Å². The predicted octanol–water partition coefficient (Wildman–Crippen LogP) is 11.7. The number of hydrogen-bond acceptors (Lipinski definition) is 1. The maximum absolute atomic E-state index is 2.43. The molecule has 2 nitrogen and oxygen atoms in total. The molecule has 2 heteroatoms. The largest absolute Gasteiger partial charge is 0.310 e. The monoisotopic (exact) mass is 576 g/mol. The van der Waals surface area contributed by atoms with E-state index >= 15 is 0 Å². The van der Waals surface area contributed by atoms with Crippen molar-refractivity contribution in [2.24, 2.45) is 0 Å². The van der Waals surface area contributed by atoms with Gasteiger partial charge in [-0.3, -0.25) is 0 Å². The zero-order valence-corrected chi connectivity index (χ0v) is 25.4. The first-order valence-electron chi connectivity index (χ1n) is 15.7. The molecule has 0 unspecified atom stereocenters. The van der Waals surface area contributed by atoms with Crippen LogP contribution in [0.5, 0.6) is 0 Å². The van der Waals surface area contributed by atoms with Crippen LogP contribution in [0.15, 0.2) is 158 Å². The van der Waals surface area contributed by atoms with E-state index in [-0.39, 0.29) is 5.41 Å². The van der Waals surface area contributed by atoms with Crippen molar-refractivity contribution in [2.75, 3.05) is 4.90 Å². The molecule has 8 aromatic rings. The van der Waals surface area contributed by atoms with E-state index in [1.807, 2.05) is 0 Å². The van der Waals surface area contributed by atoms with Gasteiger partial charge in [0.2, 0.25) is 0 Å². The van der Waals surface area contributed by atoms with Gasteiger partial charge in [0.1, 0.15) is 0 Å². The Labute approximate surface area is 263 Å². The van der Waals surface area contributed by atoms with Crippen molar-refractivity contribution in [3.63, 3.8) is 0 Å². The fraction of sp³-hybridized carbons (Fsp3) is 0.0698. The second kappa shape index (κ2) is 9.70. The Morgan fingerprint density at radius 3 is 1.91 bits per heavy atom. The minimum atomic E-state index is -0.128. The highest BCUT2D eigenvalue weighted by Crippen LogP contribution is 2.53. The number of aromatic nitrogens is 1. The minimum absolute atomic E-state index is 0.128. The van der Waals surface area contributed by atoms with E-state index in [2.05, 4.69) is 181 Å². The molecule has 1 aliphatic rings. The quantitative estimate of drug-likeness (QED) is 0.202. The van der Waals surface area contributed by atoms with Gasteiger partial charge >= 0.3 is 0 Å². The van der Waals surface area contributed by atoms with Gasteiger partial charge < -0.3 is 9.47 Å². The molecule has 0 aliphatic heterocycles. The van der Waals surface area contributed by atoms with Crippen molar-refractivity contribution in [1.82, 2.24) is 4.57 Å². The zero-order valence-electron chi connectivity index (χ0n) is 25.4. The van der Waals surface area contributed by atoms with Crippen molar-refractivity contribution in [2.45, 2.75) is 19.3 Å². The van der Waals surface area contributed by atoms with Crippen molar-refractivity contribution < 1.29 is 0 Å². The molecule has 0 fully saturated rings. The van der Waals surface area contributed by atoms with Gasteiger partial charge in [-0.2, -0.15) is 0 Å². The lowest BCUT2D eigenvalue weighted by molar-refractivity contribution is 0.666. The minimum Gasteiger partial charge on any atom is -0.310 e. The molecule has 1 aliphatic carbocycles. The molecule has 0 bridgehead atoms. The summed E-state index contributed by atoms with van der Waals surface area (Å²) in [6.07, 6.45) is 0. The smallest absolute Gasteiger partial charge is 0.0542 e. The summed E-state index contributed by atoms with van der Waals surface area (Å²) < 4.78 is 2.38. The van der Waals surface area contributed by atoms with E-state index < -0.39 is 0 Å². The van der Waals surface area contributed by atoms with Gasteiger partial charge in [-0.15, -0.1) is 0 Å². The Morgan fingerprint density at radius 1 is 0.467 bits per heavy atom. The lowest BCUT2D eigenvalue weighted by atomic mass is 9.80. The standard InChI is InChI=1S/C43H32N2/c1-43(2)39-28-33(22-25-35(39)37-24-21-29-13-9-10-18-34(29)42(37)43)44(30-14-5-3-6-15-30)32-23-26-41-38(27-32)36-19-11-12-20-40(36)45(41)31-16-7-4-8-17-31/h3-28H,1-2H3. The van der Waals surface area contributed by atoms with Crippen LogP contribution in [0.25, 0.3) is 49.4 Å². The Kier molecular flexibility index (Phi) is 5.58. The first kappa shape index (κ1) is 25.9. The maximum atomic E-state index is 2.43. The van der Waals surface area contributed by atoms with Gasteiger partial charge in [0, 0.05) is 38.9 Å². The van der Waals surface area contributed by atoms with Crippen LogP contribution in [0.3, 0.4) is 0 Å². The molecule has 0 radical (unpaired) electrons. The van der Waals surface area contributed by atoms with Crippen LogP contribution in [0, 0.1) is 0 Å². The van der Waals surface area contributed by atoms with Crippen LogP contribution < -0.4 is 4.90 Å². The van der Waals surface area contributed by atoms with Gasteiger partial charge in [0.15, 0.2) is 0 Å². The number of anilines is 3. The van der Waals surface area contributed by atoms with Crippen LogP contribution in [-0.2, 0) is 5.41 Å². The van der Waals surface area contributed by atoms with Gasteiger partial charge in [0.05, 0.1) is 11.0 Å². The maximum Gasteiger partial charge on any atom is 0.0542 e. The summed E-state index contributed by atoms with van der Waals surface area (Å²) in [6, 6.07) is 57.5. The average Bonchev–Trinajstić information content (AvgIpc) is 3.54. The van der Waals surface area contributed by atoms with Gasteiger partial charge in [-0.05, 0) is 93.7 Å². The molecule has 9 rings (SSSR count). The summed E-state index contributed by atoms with van der Waals surface area (Å²) in [4.78, 5) is 2.41. The highest BCUT2D eigenvalue weighted by molar-refractivity contribution is 6.10. The number of fused-ring (bicyclic) bond motifs is 8. The predicted molar refractivity (Wildman–Crippen MR) is 191 cm³/mol. The molecule has 214 valence electrons. The molecule has 0 amide bonds. The molecule has 0 atom stereocenters. The number of benzene rings is 7. The summed E-state index contributed by atoms with van der Waals surface area (Å²) in [6.45, 7) is 4.76. The van der Waals surface area contributed by atoms with Crippen LogP contribution in [0.2, 0.25) is 0 Å². The Morgan fingerprint density at radius 2 is 1.09 bits per heavy atom. The van der Waals surface area contributed by atoms with Crippen molar-refractivity contribution >= 4 is 49.6 Å². The highest BCUT2D eigenvalue weighted by atomic mass is 15.1. The Balaban J connectivity index is 1.25. The van der Waals surface area contributed by atoms with Crippen LogP contribution in [0.1, 0.15) is 25.0 Å². The second-order valence-corrected chi connectivity index (χ2v) is 12.6. The highest BCUT2D eigenvalue weighted by Gasteiger charge is 2.37. The topological polar surface area (TPSA) is 8.17 Å². The lowest BCUT2D eigenvalue weighted by Crippen LogP contribution is -2.17. The molecule has 0 saturated heterocycles.